The van der Waals surface area contributed by atoms with Gasteiger partial charge in [-0.05, 0) is 26.8 Å². The van der Waals surface area contributed by atoms with Gasteiger partial charge in [0.05, 0.1) is 0 Å². The minimum absolute atomic E-state index is 0.0164. The molecule has 0 saturated heterocycles. The molecule has 0 radical (unpaired) electrons. The average Bonchev–Trinajstić information content (AvgIpc) is 1.99. The Hall–Kier alpha value is -1.26. The highest BCUT2D eigenvalue weighted by Crippen LogP contribution is 2.29. The predicted molar refractivity (Wildman–Crippen MR) is 49.6 cm³/mol. The van der Waals surface area contributed by atoms with Crippen LogP contribution in [0.4, 0.5) is 13.2 Å². The van der Waals surface area contributed by atoms with Crippen molar-refractivity contribution >= 4 is 0 Å². The SMILES string of the molecule is CC(C)(C)Oc1cccc(C(F)(F)F)n1. The average molecular weight is 219 g/mol. The van der Waals surface area contributed by atoms with Crippen molar-refractivity contribution in [3.63, 3.8) is 0 Å². The number of halogens is 3. The van der Waals surface area contributed by atoms with Gasteiger partial charge in [-0.1, -0.05) is 6.07 Å². The fourth-order valence-electron chi connectivity index (χ4n) is 0.943. The Balaban J connectivity index is 2.94. The first-order chi connectivity index (χ1) is 6.68. The molecule has 2 nitrogen and oxygen atoms in total. The smallest absolute Gasteiger partial charge is 0.433 e. The maximum atomic E-state index is 12.3. The third-order valence-corrected chi connectivity index (χ3v) is 1.42. The molecule has 1 heterocycles. The highest BCUT2D eigenvalue weighted by Gasteiger charge is 2.32. The number of nitrogens with zero attached hydrogens (tertiary/aromatic N) is 1. The normalized spacial score (nSPS) is 12.7. The van der Waals surface area contributed by atoms with Gasteiger partial charge in [0.2, 0.25) is 5.88 Å². The summed E-state index contributed by atoms with van der Waals surface area (Å²) in [6, 6.07) is 3.59. The molecule has 0 N–H and O–H groups in total. The molecule has 0 spiro atoms. The van der Waals surface area contributed by atoms with Gasteiger partial charge in [-0.25, -0.2) is 4.98 Å². The van der Waals surface area contributed by atoms with Crippen LogP contribution in [0, 0.1) is 0 Å². The van der Waals surface area contributed by atoms with Crippen LogP contribution in [0.1, 0.15) is 26.5 Å². The maximum Gasteiger partial charge on any atom is 0.433 e. The second-order valence-electron chi connectivity index (χ2n) is 4.07. The van der Waals surface area contributed by atoms with E-state index in [9.17, 15) is 13.2 Å². The highest BCUT2D eigenvalue weighted by molar-refractivity contribution is 5.18. The quantitative estimate of drug-likeness (QED) is 0.723. The van der Waals surface area contributed by atoms with Crippen LogP contribution in [0.2, 0.25) is 0 Å². The number of ether oxygens (including phenoxy) is 1. The van der Waals surface area contributed by atoms with Gasteiger partial charge >= 0.3 is 6.18 Å². The van der Waals surface area contributed by atoms with Gasteiger partial charge in [0, 0.05) is 6.07 Å². The first-order valence-corrected chi connectivity index (χ1v) is 4.42. The molecule has 84 valence electrons. The molecule has 15 heavy (non-hydrogen) atoms. The van der Waals surface area contributed by atoms with Gasteiger partial charge in [0.1, 0.15) is 11.3 Å². The third kappa shape index (κ3) is 3.77. The zero-order chi connectivity index (χ0) is 11.7. The van der Waals surface area contributed by atoms with E-state index in [-0.39, 0.29) is 5.88 Å². The second kappa shape index (κ2) is 3.72. The molecule has 0 amide bonds. The molecular formula is C10H12F3NO. The minimum Gasteiger partial charge on any atom is -0.472 e. The summed E-state index contributed by atoms with van der Waals surface area (Å²) in [5, 5.41) is 0. The van der Waals surface area contributed by atoms with Gasteiger partial charge < -0.3 is 4.74 Å². The Morgan fingerprint density at radius 1 is 1.13 bits per heavy atom. The molecule has 1 aromatic heterocycles. The van der Waals surface area contributed by atoms with E-state index in [4.69, 9.17) is 4.74 Å². The van der Waals surface area contributed by atoms with Crippen LogP contribution in [0.3, 0.4) is 0 Å². The van der Waals surface area contributed by atoms with Gasteiger partial charge in [-0.15, -0.1) is 0 Å². The van der Waals surface area contributed by atoms with Gasteiger partial charge in [-0.2, -0.15) is 13.2 Å². The van der Waals surface area contributed by atoms with Crippen molar-refractivity contribution in [2.45, 2.75) is 32.5 Å². The summed E-state index contributed by atoms with van der Waals surface area (Å²) in [5.41, 5.74) is -1.50. The van der Waals surface area contributed by atoms with E-state index in [1.807, 2.05) is 0 Å². The Bertz CT molecular complexity index is 341. The fraction of sp³-hybridized carbons (Fsp3) is 0.500. The molecule has 5 heteroatoms. The molecule has 0 aliphatic carbocycles. The van der Waals surface area contributed by atoms with E-state index < -0.39 is 17.5 Å². The summed E-state index contributed by atoms with van der Waals surface area (Å²) in [7, 11) is 0. The van der Waals surface area contributed by atoms with Gasteiger partial charge in [-0.3, -0.25) is 0 Å². The first kappa shape index (κ1) is 11.8. The van der Waals surface area contributed by atoms with Gasteiger partial charge in [0.15, 0.2) is 0 Å². The Kier molecular flexibility index (Phi) is 2.93. The van der Waals surface area contributed by atoms with Gasteiger partial charge in [0.25, 0.3) is 0 Å². The number of rotatable bonds is 1. The highest BCUT2D eigenvalue weighted by atomic mass is 19.4. The topological polar surface area (TPSA) is 22.1 Å². The fourth-order valence-corrected chi connectivity index (χ4v) is 0.943. The van der Waals surface area contributed by atoms with Crippen molar-refractivity contribution < 1.29 is 17.9 Å². The van der Waals surface area contributed by atoms with E-state index >= 15 is 0 Å². The summed E-state index contributed by atoms with van der Waals surface area (Å²) < 4.78 is 42.1. The predicted octanol–water partition coefficient (Wildman–Crippen LogP) is 3.28. The molecule has 0 aliphatic rings. The molecule has 0 bridgehead atoms. The van der Waals surface area contributed by atoms with E-state index in [1.165, 1.54) is 12.1 Å². The molecule has 0 fully saturated rings. The Morgan fingerprint density at radius 2 is 1.73 bits per heavy atom. The van der Waals surface area contributed by atoms with Crippen LogP contribution >= 0.6 is 0 Å². The van der Waals surface area contributed by atoms with Crippen LogP contribution in [0.5, 0.6) is 5.88 Å². The number of alkyl halides is 3. The van der Waals surface area contributed by atoms with Crippen LogP contribution in [-0.4, -0.2) is 10.6 Å². The molecule has 0 aliphatic heterocycles. The Labute approximate surface area is 86.1 Å². The largest absolute Gasteiger partial charge is 0.472 e. The lowest BCUT2D eigenvalue weighted by Crippen LogP contribution is -2.24. The molecule has 0 saturated carbocycles. The van der Waals surface area contributed by atoms with Crippen molar-refractivity contribution in [3.8, 4) is 5.88 Å². The van der Waals surface area contributed by atoms with Crippen LogP contribution < -0.4 is 4.74 Å². The molecular weight excluding hydrogens is 207 g/mol. The Morgan fingerprint density at radius 3 is 2.20 bits per heavy atom. The summed E-state index contributed by atoms with van der Waals surface area (Å²) in [6.07, 6.45) is -4.43. The zero-order valence-electron chi connectivity index (χ0n) is 8.72. The summed E-state index contributed by atoms with van der Waals surface area (Å²) in [6.45, 7) is 5.23. The lowest BCUT2D eigenvalue weighted by atomic mass is 10.2. The van der Waals surface area contributed by atoms with Crippen LogP contribution in [-0.2, 0) is 6.18 Å². The number of pyridine rings is 1. The van der Waals surface area contributed by atoms with Crippen molar-refractivity contribution in [1.29, 1.82) is 0 Å². The molecule has 0 unspecified atom stereocenters. The molecule has 1 aromatic rings. The van der Waals surface area contributed by atoms with Crippen molar-refractivity contribution in [2.24, 2.45) is 0 Å². The summed E-state index contributed by atoms with van der Waals surface area (Å²) in [4.78, 5) is 3.38. The molecule has 1 rings (SSSR count). The monoisotopic (exact) mass is 219 g/mol. The molecule has 0 aromatic carbocycles. The molecule has 0 atom stereocenters. The number of aromatic nitrogens is 1. The lowest BCUT2D eigenvalue weighted by Gasteiger charge is -2.20. The number of hydrogen-bond donors (Lipinski definition) is 0. The van der Waals surface area contributed by atoms with E-state index in [1.54, 1.807) is 20.8 Å². The standard InChI is InChI=1S/C10H12F3NO/c1-9(2,3)15-8-6-4-5-7(14-8)10(11,12)13/h4-6H,1-3H3. The third-order valence-electron chi connectivity index (χ3n) is 1.42. The van der Waals surface area contributed by atoms with Crippen molar-refractivity contribution in [2.75, 3.05) is 0 Å². The maximum absolute atomic E-state index is 12.3. The van der Waals surface area contributed by atoms with Crippen molar-refractivity contribution in [1.82, 2.24) is 4.98 Å². The van der Waals surface area contributed by atoms with Crippen LogP contribution in [0.15, 0.2) is 18.2 Å². The van der Waals surface area contributed by atoms with Crippen molar-refractivity contribution in [3.05, 3.63) is 23.9 Å². The lowest BCUT2D eigenvalue weighted by molar-refractivity contribution is -0.141. The summed E-state index contributed by atoms with van der Waals surface area (Å²) in [5.74, 6) is -0.0164. The van der Waals surface area contributed by atoms with E-state index in [0.29, 0.717) is 0 Å². The minimum atomic E-state index is -4.43. The first-order valence-electron chi connectivity index (χ1n) is 4.42. The summed E-state index contributed by atoms with van der Waals surface area (Å²) >= 11 is 0. The van der Waals surface area contributed by atoms with E-state index in [2.05, 4.69) is 4.98 Å². The van der Waals surface area contributed by atoms with Crippen LogP contribution in [0.25, 0.3) is 0 Å². The zero-order valence-corrected chi connectivity index (χ0v) is 8.72. The second-order valence-corrected chi connectivity index (χ2v) is 4.07. The van der Waals surface area contributed by atoms with E-state index in [0.717, 1.165) is 6.07 Å². The number of hydrogen-bond acceptors (Lipinski definition) is 2.